The van der Waals surface area contributed by atoms with E-state index in [2.05, 4.69) is 17.0 Å². The van der Waals surface area contributed by atoms with Crippen LogP contribution in [-0.4, -0.2) is 46.6 Å². The average Bonchev–Trinajstić information content (AvgIpc) is 2.73. The summed E-state index contributed by atoms with van der Waals surface area (Å²) in [6, 6.07) is 18.0. The van der Waals surface area contributed by atoms with Gasteiger partial charge in [0, 0.05) is 38.1 Å². The van der Waals surface area contributed by atoms with E-state index in [0.29, 0.717) is 18.8 Å². The lowest BCUT2D eigenvalue weighted by Gasteiger charge is -2.35. The summed E-state index contributed by atoms with van der Waals surface area (Å²) < 4.78 is 30.6. The zero-order valence-electron chi connectivity index (χ0n) is 15.1. The topological polar surface area (TPSA) is 73.6 Å². The largest absolute Gasteiger partial charge is 0.497 e. The van der Waals surface area contributed by atoms with E-state index < -0.39 is 9.84 Å². The Hall–Kier alpha value is -2.98. The van der Waals surface area contributed by atoms with Gasteiger partial charge < -0.3 is 14.5 Å². The number of nitriles is 1. The first kappa shape index (κ1) is 18.8. The lowest BCUT2D eigenvalue weighted by molar-refractivity contribution is 0.348. The quantitative estimate of drug-likeness (QED) is 0.739. The maximum absolute atomic E-state index is 12.8. The van der Waals surface area contributed by atoms with Crippen molar-refractivity contribution < 1.29 is 13.2 Å². The number of ether oxygens (including phenoxy) is 1. The Kier molecular flexibility index (Phi) is 5.67. The first-order valence-electron chi connectivity index (χ1n) is 8.60. The van der Waals surface area contributed by atoms with Gasteiger partial charge in [-0.25, -0.2) is 8.42 Å². The van der Waals surface area contributed by atoms with Gasteiger partial charge in [-0.3, -0.25) is 0 Å². The molecule has 1 aliphatic rings. The van der Waals surface area contributed by atoms with Gasteiger partial charge in [0.15, 0.2) is 4.91 Å². The summed E-state index contributed by atoms with van der Waals surface area (Å²) in [5.74, 6) is 0.563. The van der Waals surface area contributed by atoms with Crippen LogP contribution in [0.5, 0.6) is 5.75 Å². The van der Waals surface area contributed by atoms with Gasteiger partial charge in [0.2, 0.25) is 9.84 Å². The zero-order chi connectivity index (χ0) is 19.3. The summed E-state index contributed by atoms with van der Waals surface area (Å²) in [5, 5.41) is 9.43. The first-order valence-corrected chi connectivity index (χ1v) is 10.1. The van der Waals surface area contributed by atoms with E-state index >= 15 is 0 Å². The van der Waals surface area contributed by atoms with Gasteiger partial charge in [0.25, 0.3) is 0 Å². The van der Waals surface area contributed by atoms with Gasteiger partial charge >= 0.3 is 0 Å². The Bertz CT molecular complexity index is 940. The molecule has 2 aromatic carbocycles. The molecule has 1 saturated heterocycles. The summed E-state index contributed by atoms with van der Waals surface area (Å²) in [7, 11) is -2.34. The highest BCUT2D eigenvalue weighted by atomic mass is 32.2. The molecule has 0 aromatic heterocycles. The predicted octanol–water partition coefficient (Wildman–Crippen LogP) is 2.66. The van der Waals surface area contributed by atoms with Crippen molar-refractivity contribution in [2.45, 2.75) is 4.90 Å². The molecule has 7 heteroatoms. The average molecular weight is 383 g/mol. The van der Waals surface area contributed by atoms with Crippen molar-refractivity contribution in [3.63, 3.8) is 0 Å². The number of hydrogen-bond donors (Lipinski definition) is 0. The Labute approximate surface area is 159 Å². The van der Waals surface area contributed by atoms with E-state index in [4.69, 9.17) is 4.74 Å². The SMILES string of the molecule is COc1ccc(S(=O)(=O)/C(C#N)=C/N2CCN(c3ccccc3)CC2)cc1. The van der Waals surface area contributed by atoms with Gasteiger partial charge in [-0.05, 0) is 36.4 Å². The summed E-state index contributed by atoms with van der Waals surface area (Å²) in [6.07, 6.45) is 1.46. The maximum Gasteiger partial charge on any atom is 0.218 e. The third-order valence-corrected chi connectivity index (χ3v) is 6.17. The molecule has 1 aliphatic heterocycles. The number of allylic oxidation sites excluding steroid dienone is 1. The minimum Gasteiger partial charge on any atom is -0.497 e. The molecule has 6 nitrogen and oxygen atoms in total. The first-order chi connectivity index (χ1) is 13.0. The smallest absolute Gasteiger partial charge is 0.218 e. The zero-order valence-corrected chi connectivity index (χ0v) is 15.9. The number of anilines is 1. The summed E-state index contributed by atoms with van der Waals surface area (Å²) in [4.78, 5) is 3.97. The van der Waals surface area contributed by atoms with Crippen LogP contribution < -0.4 is 9.64 Å². The molecule has 140 valence electrons. The van der Waals surface area contributed by atoms with Gasteiger partial charge in [-0.2, -0.15) is 5.26 Å². The van der Waals surface area contributed by atoms with Crippen LogP contribution in [0.1, 0.15) is 0 Å². The molecule has 0 bridgehead atoms. The highest BCUT2D eigenvalue weighted by Crippen LogP contribution is 2.23. The standard InChI is InChI=1S/C20H21N3O3S/c1-26-18-7-9-19(10-8-18)27(24,25)20(15-21)16-22-11-13-23(14-12-22)17-5-3-2-4-6-17/h2-10,16H,11-14H2,1H3/b20-16+. The van der Waals surface area contributed by atoms with Crippen molar-refractivity contribution in [2.75, 3.05) is 38.2 Å². The van der Waals surface area contributed by atoms with E-state index in [-0.39, 0.29) is 9.80 Å². The van der Waals surface area contributed by atoms with Crippen LogP contribution in [-0.2, 0) is 9.84 Å². The fraction of sp³-hybridized carbons (Fsp3) is 0.250. The molecule has 0 saturated carbocycles. The number of methoxy groups -OCH3 is 1. The Morgan fingerprint density at radius 2 is 1.67 bits per heavy atom. The molecule has 1 fully saturated rings. The maximum atomic E-state index is 12.8. The number of para-hydroxylation sites is 1. The molecule has 0 unspecified atom stereocenters. The van der Waals surface area contributed by atoms with Crippen molar-refractivity contribution in [3.8, 4) is 11.8 Å². The van der Waals surface area contributed by atoms with Gasteiger partial charge in [-0.1, -0.05) is 18.2 Å². The summed E-state index contributed by atoms with van der Waals surface area (Å²) in [5.41, 5.74) is 1.15. The highest BCUT2D eigenvalue weighted by molar-refractivity contribution is 7.95. The number of sulfone groups is 1. The molecular formula is C20H21N3O3S. The molecule has 0 atom stereocenters. The molecular weight excluding hydrogens is 362 g/mol. The second-order valence-electron chi connectivity index (χ2n) is 6.14. The number of nitrogens with zero attached hydrogens (tertiary/aromatic N) is 3. The Balaban J connectivity index is 1.73. The van der Waals surface area contributed by atoms with Crippen molar-refractivity contribution in [2.24, 2.45) is 0 Å². The fourth-order valence-corrected chi connectivity index (χ4v) is 4.11. The van der Waals surface area contributed by atoms with Crippen molar-refractivity contribution in [1.29, 1.82) is 5.26 Å². The van der Waals surface area contributed by atoms with Gasteiger partial charge in [0.05, 0.1) is 12.0 Å². The third-order valence-electron chi connectivity index (χ3n) is 4.50. The Morgan fingerprint density at radius 1 is 1.04 bits per heavy atom. The molecule has 3 rings (SSSR count). The van der Waals surface area contributed by atoms with E-state index in [1.54, 1.807) is 12.1 Å². The molecule has 0 radical (unpaired) electrons. The second kappa shape index (κ2) is 8.14. The van der Waals surface area contributed by atoms with Crippen LogP contribution in [0.15, 0.2) is 70.6 Å². The van der Waals surface area contributed by atoms with Crippen LogP contribution in [0.3, 0.4) is 0 Å². The van der Waals surface area contributed by atoms with E-state index in [1.807, 2.05) is 29.2 Å². The molecule has 0 aliphatic carbocycles. The van der Waals surface area contributed by atoms with Gasteiger partial charge in [-0.15, -0.1) is 0 Å². The molecule has 0 spiro atoms. The number of hydrogen-bond acceptors (Lipinski definition) is 6. The van der Waals surface area contributed by atoms with Crippen LogP contribution in [0.4, 0.5) is 5.69 Å². The fourth-order valence-electron chi connectivity index (χ4n) is 2.95. The van der Waals surface area contributed by atoms with Crippen LogP contribution in [0.25, 0.3) is 0 Å². The van der Waals surface area contributed by atoms with E-state index in [1.165, 1.54) is 25.4 Å². The van der Waals surface area contributed by atoms with Crippen molar-refractivity contribution in [3.05, 3.63) is 65.7 Å². The number of benzene rings is 2. The normalized spacial score (nSPS) is 15.3. The lowest BCUT2D eigenvalue weighted by Crippen LogP contribution is -2.44. The minimum atomic E-state index is -3.85. The van der Waals surface area contributed by atoms with E-state index in [9.17, 15) is 13.7 Å². The summed E-state index contributed by atoms with van der Waals surface area (Å²) in [6.45, 7) is 2.83. The van der Waals surface area contributed by atoms with Gasteiger partial charge in [0.1, 0.15) is 11.8 Å². The Morgan fingerprint density at radius 3 is 2.22 bits per heavy atom. The molecule has 1 heterocycles. The molecule has 2 aromatic rings. The molecule has 0 N–H and O–H groups in total. The summed E-state index contributed by atoms with van der Waals surface area (Å²) >= 11 is 0. The second-order valence-corrected chi connectivity index (χ2v) is 8.06. The van der Waals surface area contributed by atoms with E-state index in [0.717, 1.165) is 18.8 Å². The van der Waals surface area contributed by atoms with Crippen molar-refractivity contribution >= 4 is 15.5 Å². The number of piperazine rings is 1. The third kappa shape index (κ3) is 4.23. The number of rotatable bonds is 5. The van der Waals surface area contributed by atoms with Crippen LogP contribution in [0, 0.1) is 11.3 Å². The monoisotopic (exact) mass is 383 g/mol. The lowest BCUT2D eigenvalue weighted by atomic mass is 10.2. The molecule has 0 amide bonds. The van der Waals surface area contributed by atoms with Crippen molar-refractivity contribution in [1.82, 2.24) is 4.90 Å². The van der Waals surface area contributed by atoms with Crippen LogP contribution in [0.2, 0.25) is 0 Å². The minimum absolute atomic E-state index is 0.0824. The predicted molar refractivity (Wildman–Crippen MR) is 104 cm³/mol. The molecule has 27 heavy (non-hydrogen) atoms. The highest BCUT2D eigenvalue weighted by Gasteiger charge is 2.23. The van der Waals surface area contributed by atoms with Crippen LogP contribution >= 0.6 is 0 Å².